The normalized spacial score (nSPS) is 19.9. The van der Waals surface area contributed by atoms with Gasteiger partial charge in [0.25, 0.3) is 0 Å². The molecule has 1 aliphatic heterocycles. The van der Waals surface area contributed by atoms with Crippen molar-refractivity contribution in [1.82, 2.24) is 0 Å². The van der Waals surface area contributed by atoms with Gasteiger partial charge in [0, 0.05) is 0 Å². The van der Waals surface area contributed by atoms with Gasteiger partial charge in [0.1, 0.15) is 0 Å². The Kier molecular flexibility index (Phi) is 4.18. The maximum Gasteiger partial charge on any atom is 0.494 e. The van der Waals surface area contributed by atoms with Crippen LogP contribution >= 0.6 is 0 Å². The van der Waals surface area contributed by atoms with Crippen molar-refractivity contribution >= 4 is 18.6 Å². The molecule has 0 aliphatic carbocycles. The number of rotatable bonds is 3. The number of hydrogen-bond acceptors (Lipinski definition) is 4. The predicted octanol–water partition coefficient (Wildman–Crippen LogP) is 2.55. The van der Waals surface area contributed by atoms with Gasteiger partial charge >= 0.3 is 13.1 Å². The van der Waals surface area contributed by atoms with Crippen LogP contribution in [-0.4, -0.2) is 30.4 Å². The Labute approximate surface area is 126 Å². The zero-order chi connectivity index (χ0) is 15.8. The van der Waals surface area contributed by atoms with Crippen LogP contribution in [0.4, 0.5) is 0 Å². The molecule has 0 N–H and O–H groups in total. The van der Waals surface area contributed by atoms with Crippen LogP contribution in [0.3, 0.4) is 0 Å². The van der Waals surface area contributed by atoms with Gasteiger partial charge in [0.05, 0.1) is 22.9 Å². The monoisotopic (exact) mass is 290 g/mol. The lowest BCUT2D eigenvalue weighted by Gasteiger charge is -2.32. The van der Waals surface area contributed by atoms with Crippen molar-refractivity contribution in [3.05, 3.63) is 29.8 Å². The molecule has 1 fully saturated rings. The lowest BCUT2D eigenvalue weighted by atomic mass is 9.79. The molecule has 2 rings (SSSR count). The molecule has 0 aromatic heterocycles. The van der Waals surface area contributed by atoms with Crippen LogP contribution in [0.1, 0.15) is 51.9 Å². The first kappa shape index (κ1) is 16.1. The molecule has 1 saturated heterocycles. The van der Waals surface area contributed by atoms with Crippen LogP contribution < -0.4 is 5.46 Å². The van der Waals surface area contributed by atoms with Crippen molar-refractivity contribution in [2.24, 2.45) is 0 Å². The lowest BCUT2D eigenvalue weighted by molar-refractivity contribution is 0.00578. The summed E-state index contributed by atoms with van der Waals surface area (Å²) < 4.78 is 17.1. The number of benzene rings is 1. The second kappa shape index (κ2) is 5.46. The fourth-order valence-electron chi connectivity index (χ4n) is 2.04. The van der Waals surface area contributed by atoms with E-state index in [2.05, 4.69) is 0 Å². The zero-order valence-electron chi connectivity index (χ0n) is 13.6. The molecule has 1 aromatic rings. The fraction of sp³-hybridized carbons (Fsp3) is 0.562. The Hall–Kier alpha value is -1.33. The van der Waals surface area contributed by atoms with E-state index in [4.69, 9.17) is 14.0 Å². The molecule has 0 radical (unpaired) electrons. The average Bonchev–Trinajstić information content (AvgIpc) is 2.58. The Morgan fingerprint density at radius 3 is 1.95 bits per heavy atom. The molecule has 21 heavy (non-hydrogen) atoms. The molecule has 0 saturated carbocycles. The molecule has 0 amide bonds. The summed E-state index contributed by atoms with van der Waals surface area (Å²) in [5, 5.41) is 0. The highest BCUT2D eigenvalue weighted by Gasteiger charge is 2.51. The molecule has 0 unspecified atom stereocenters. The van der Waals surface area contributed by atoms with Gasteiger partial charge in [-0.2, -0.15) is 0 Å². The van der Waals surface area contributed by atoms with Crippen LogP contribution in [0, 0.1) is 0 Å². The van der Waals surface area contributed by atoms with Crippen LogP contribution in [0.5, 0.6) is 0 Å². The highest BCUT2D eigenvalue weighted by molar-refractivity contribution is 6.62. The van der Waals surface area contributed by atoms with E-state index in [-0.39, 0.29) is 23.3 Å². The third-order valence-corrected chi connectivity index (χ3v) is 4.01. The largest absolute Gasteiger partial charge is 0.494 e. The number of esters is 1. The molecule has 1 aromatic carbocycles. The van der Waals surface area contributed by atoms with E-state index in [1.807, 2.05) is 53.7 Å². The summed E-state index contributed by atoms with van der Waals surface area (Å²) in [6, 6.07) is 7.17. The van der Waals surface area contributed by atoms with Gasteiger partial charge in [-0.15, -0.1) is 0 Å². The van der Waals surface area contributed by atoms with Crippen molar-refractivity contribution in [2.75, 3.05) is 0 Å². The Bertz CT molecular complexity index is 504. The first-order chi connectivity index (χ1) is 9.62. The van der Waals surface area contributed by atoms with E-state index in [0.29, 0.717) is 5.56 Å². The Balaban J connectivity index is 2.12. The molecule has 1 heterocycles. The number of carbonyl (C=O) groups excluding carboxylic acids is 1. The standard InChI is InChI=1S/C16H23BO4/c1-11(2)19-14(18)12-7-9-13(10-8-12)17-20-15(3,4)16(5,6)21-17/h7-11H,1-6H3. The summed E-state index contributed by atoms with van der Waals surface area (Å²) in [6.45, 7) is 11.7. The summed E-state index contributed by atoms with van der Waals surface area (Å²) in [6.07, 6.45) is -0.125. The topological polar surface area (TPSA) is 44.8 Å². The lowest BCUT2D eigenvalue weighted by Crippen LogP contribution is -2.41. The predicted molar refractivity (Wildman–Crippen MR) is 82.7 cm³/mol. The van der Waals surface area contributed by atoms with Gasteiger partial charge in [0.15, 0.2) is 0 Å². The van der Waals surface area contributed by atoms with E-state index in [0.717, 1.165) is 5.46 Å². The molecule has 0 spiro atoms. The van der Waals surface area contributed by atoms with Crippen molar-refractivity contribution in [2.45, 2.75) is 58.8 Å². The minimum Gasteiger partial charge on any atom is -0.459 e. The molecular weight excluding hydrogens is 267 g/mol. The maximum absolute atomic E-state index is 11.8. The van der Waals surface area contributed by atoms with E-state index in [1.165, 1.54) is 0 Å². The summed E-state index contributed by atoms with van der Waals surface area (Å²) in [5.41, 5.74) is 0.693. The number of hydrogen-bond donors (Lipinski definition) is 0. The van der Waals surface area contributed by atoms with Gasteiger partial charge in [-0.1, -0.05) is 12.1 Å². The van der Waals surface area contributed by atoms with Crippen molar-refractivity contribution in [1.29, 1.82) is 0 Å². The third-order valence-electron chi connectivity index (χ3n) is 4.01. The number of carbonyl (C=O) groups is 1. The minimum absolute atomic E-state index is 0.125. The SMILES string of the molecule is CC(C)OC(=O)c1ccc(B2OC(C)(C)C(C)(C)O2)cc1. The summed E-state index contributed by atoms with van der Waals surface area (Å²) in [5.74, 6) is -0.314. The van der Waals surface area contributed by atoms with Crippen LogP contribution in [-0.2, 0) is 14.0 Å². The highest BCUT2D eigenvalue weighted by Crippen LogP contribution is 2.36. The van der Waals surface area contributed by atoms with Gasteiger partial charge in [-0.25, -0.2) is 4.79 Å². The maximum atomic E-state index is 11.8. The molecule has 5 heteroatoms. The first-order valence-electron chi connectivity index (χ1n) is 7.29. The minimum atomic E-state index is -0.412. The molecule has 1 aliphatic rings. The molecule has 4 nitrogen and oxygen atoms in total. The summed E-state index contributed by atoms with van der Waals surface area (Å²) in [7, 11) is -0.412. The van der Waals surface area contributed by atoms with E-state index in [1.54, 1.807) is 12.1 Å². The van der Waals surface area contributed by atoms with Crippen molar-refractivity contribution in [3.8, 4) is 0 Å². The first-order valence-corrected chi connectivity index (χ1v) is 7.29. The molecule has 0 atom stereocenters. The van der Waals surface area contributed by atoms with Gasteiger partial charge < -0.3 is 14.0 Å². The second-order valence-electron chi connectivity index (χ2n) is 6.66. The van der Waals surface area contributed by atoms with E-state index >= 15 is 0 Å². The highest BCUT2D eigenvalue weighted by atomic mass is 16.7. The quantitative estimate of drug-likeness (QED) is 0.634. The average molecular weight is 290 g/mol. The van der Waals surface area contributed by atoms with Crippen LogP contribution in [0.25, 0.3) is 0 Å². The van der Waals surface area contributed by atoms with Crippen molar-refractivity contribution < 1.29 is 18.8 Å². The van der Waals surface area contributed by atoms with E-state index < -0.39 is 7.12 Å². The Morgan fingerprint density at radius 1 is 1.05 bits per heavy atom. The third kappa shape index (κ3) is 3.30. The smallest absolute Gasteiger partial charge is 0.459 e. The summed E-state index contributed by atoms with van der Waals surface area (Å²) in [4.78, 5) is 11.8. The Morgan fingerprint density at radius 2 is 1.52 bits per heavy atom. The van der Waals surface area contributed by atoms with Gasteiger partial charge in [-0.05, 0) is 59.1 Å². The van der Waals surface area contributed by atoms with E-state index in [9.17, 15) is 4.79 Å². The van der Waals surface area contributed by atoms with Crippen molar-refractivity contribution in [3.63, 3.8) is 0 Å². The molecule has 114 valence electrons. The van der Waals surface area contributed by atoms with Crippen LogP contribution in [0.2, 0.25) is 0 Å². The number of ether oxygens (including phenoxy) is 1. The van der Waals surface area contributed by atoms with Gasteiger partial charge in [0.2, 0.25) is 0 Å². The second-order valence-corrected chi connectivity index (χ2v) is 6.66. The molecule has 0 bridgehead atoms. The van der Waals surface area contributed by atoms with Gasteiger partial charge in [-0.3, -0.25) is 0 Å². The fourth-order valence-corrected chi connectivity index (χ4v) is 2.04. The van der Waals surface area contributed by atoms with Crippen LogP contribution in [0.15, 0.2) is 24.3 Å². The zero-order valence-corrected chi connectivity index (χ0v) is 13.6. The molecular formula is C16H23BO4. The summed E-state index contributed by atoms with van der Waals surface area (Å²) >= 11 is 0.